The highest BCUT2D eigenvalue weighted by atomic mass is 16.5. The molecule has 0 bridgehead atoms. The average molecular weight is 237 g/mol. The van der Waals surface area contributed by atoms with Crippen LogP contribution in [-0.4, -0.2) is 39.0 Å². The van der Waals surface area contributed by atoms with Crippen LogP contribution in [0.4, 0.5) is 0 Å². The molecule has 4 nitrogen and oxygen atoms in total. The summed E-state index contributed by atoms with van der Waals surface area (Å²) in [6, 6.07) is 7.55. The lowest BCUT2D eigenvalue weighted by Crippen LogP contribution is -2.59. The van der Waals surface area contributed by atoms with Crippen LogP contribution in [0.2, 0.25) is 0 Å². The lowest BCUT2D eigenvalue weighted by molar-refractivity contribution is -0.0745. The van der Waals surface area contributed by atoms with Gasteiger partial charge in [0.05, 0.1) is 19.3 Å². The number of rotatable bonds is 6. The summed E-state index contributed by atoms with van der Waals surface area (Å²) in [7, 11) is 1.65. The molecule has 0 amide bonds. The molecule has 0 spiro atoms. The summed E-state index contributed by atoms with van der Waals surface area (Å²) in [4.78, 5) is 0. The standard InChI is InChI=1S/C13H19NO3/c1-13(9-14-10-13)17-8-7-16-12-5-3-11(15-2)4-6-12/h3-6,14H,7-10H2,1-2H3. The van der Waals surface area contributed by atoms with Crippen LogP contribution in [0.1, 0.15) is 6.92 Å². The van der Waals surface area contributed by atoms with Gasteiger partial charge in [-0.15, -0.1) is 0 Å². The summed E-state index contributed by atoms with van der Waals surface area (Å²) in [6.07, 6.45) is 0. The first kappa shape index (κ1) is 12.2. The Morgan fingerprint density at radius 1 is 1.12 bits per heavy atom. The van der Waals surface area contributed by atoms with E-state index in [4.69, 9.17) is 14.2 Å². The predicted molar refractivity (Wildman–Crippen MR) is 65.7 cm³/mol. The summed E-state index contributed by atoms with van der Waals surface area (Å²) in [5, 5.41) is 3.19. The number of nitrogens with one attached hydrogen (secondary N) is 1. The van der Waals surface area contributed by atoms with Crippen molar-refractivity contribution in [2.24, 2.45) is 0 Å². The van der Waals surface area contributed by atoms with Crippen molar-refractivity contribution in [2.45, 2.75) is 12.5 Å². The van der Waals surface area contributed by atoms with Crippen molar-refractivity contribution in [3.8, 4) is 11.5 Å². The van der Waals surface area contributed by atoms with Crippen molar-refractivity contribution in [3.05, 3.63) is 24.3 Å². The van der Waals surface area contributed by atoms with Gasteiger partial charge < -0.3 is 19.5 Å². The van der Waals surface area contributed by atoms with Crippen molar-refractivity contribution in [2.75, 3.05) is 33.4 Å². The molecule has 1 N–H and O–H groups in total. The highest BCUT2D eigenvalue weighted by molar-refractivity contribution is 5.31. The Kier molecular flexibility index (Phi) is 3.86. The predicted octanol–water partition coefficient (Wildman–Crippen LogP) is 1.45. The molecule has 94 valence electrons. The fourth-order valence-corrected chi connectivity index (χ4v) is 1.70. The number of benzene rings is 1. The van der Waals surface area contributed by atoms with Gasteiger partial charge in [0.1, 0.15) is 18.1 Å². The molecule has 1 heterocycles. The zero-order valence-corrected chi connectivity index (χ0v) is 10.4. The fraction of sp³-hybridized carbons (Fsp3) is 0.538. The van der Waals surface area contributed by atoms with E-state index < -0.39 is 0 Å². The molecule has 1 aromatic rings. The van der Waals surface area contributed by atoms with Gasteiger partial charge in [-0.2, -0.15) is 0 Å². The maximum Gasteiger partial charge on any atom is 0.119 e. The topological polar surface area (TPSA) is 39.7 Å². The first-order valence-corrected chi connectivity index (χ1v) is 5.83. The SMILES string of the molecule is COc1ccc(OCCOC2(C)CNC2)cc1. The number of methoxy groups -OCH3 is 1. The molecule has 0 aromatic heterocycles. The molecule has 1 aliphatic heterocycles. The van der Waals surface area contributed by atoms with E-state index in [1.54, 1.807) is 7.11 Å². The van der Waals surface area contributed by atoms with Gasteiger partial charge in [0.25, 0.3) is 0 Å². The van der Waals surface area contributed by atoms with E-state index in [-0.39, 0.29) is 5.60 Å². The monoisotopic (exact) mass is 237 g/mol. The molecule has 0 saturated carbocycles. The first-order chi connectivity index (χ1) is 8.22. The van der Waals surface area contributed by atoms with E-state index >= 15 is 0 Å². The Morgan fingerprint density at radius 3 is 2.29 bits per heavy atom. The lowest BCUT2D eigenvalue weighted by atomic mass is 10.0. The molecule has 1 aromatic carbocycles. The van der Waals surface area contributed by atoms with Crippen LogP contribution in [-0.2, 0) is 4.74 Å². The fourth-order valence-electron chi connectivity index (χ4n) is 1.70. The second-order valence-corrected chi connectivity index (χ2v) is 4.43. The van der Waals surface area contributed by atoms with Crippen molar-refractivity contribution in [3.63, 3.8) is 0 Å². The lowest BCUT2D eigenvalue weighted by Gasteiger charge is -2.39. The zero-order valence-electron chi connectivity index (χ0n) is 10.4. The number of ether oxygens (including phenoxy) is 3. The van der Waals surface area contributed by atoms with Crippen LogP contribution in [0.15, 0.2) is 24.3 Å². The Labute approximate surface area is 102 Å². The van der Waals surface area contributed by atoms with Crippen LogP contribution in [0.5, 0.6) is 11.5 Å². The first-order valence-electron chi connectivity index (χ1n) is 5.83. The van der Waals surface area contributed by atoms with Crippen molar-refractivity contribution < 1.29 is 14.2 Å². The zero-order chi connectivity index (χ0) is 12.1. The molecule has 4 heteroatoms. The molecule has 0 radical (unpaired) electrons. The van der Waals surface area contributed by atoms with Gasteiger partial charge in [0, 0.05) is 13.1 Å². The van der Waals surface area contributed by atoms with Gasteiger partial charge >= 0.3 is 0 Å². The largest absolute Gasteiger partial charge is 0.497 e. The third-order valence-electron chi connectivity index (χ3n) is 2.86. The summed E-state index contributed by atoms with van der Waals surface area (Å²) in [6.45, 7) is 5.15. The van der Waals surface area contributed by atoms with Crippen LogP contribution in [0.3, 0.4) is 0 Å². The minimum absolute atomic E-state index is 0.00324. The molecular formula is C13H19NO3. The molecule has 1 fully saturated rings. The van der Waals surface area contributed by atoms with Crippen LogP contribution in [0, 0.1) is 0 Å². The number of hydrogen-bond acceptors (Lipinski definition) is 4. The molecular weight excluding hydrogens is 218 g/mol. The van der Waals surface area contributed by atoms with Gasteiger partial charge in [0.15, 0.2) is 0 Å². The Balaban J connectivity index is 1.67. The van der Waals surface area contributed by atoms with Gasteiger partial charge in [-0.25, -0.2) is 0 Å². The highest BCUT2D eigenvalue weighted by Gasteiger charge is 2.32. The molecule has 0 unspecified atom stereocenters. The van der Waals surface area contributed by atoms with E-state index in [0.717, 1.165) is 24.6 Å². The van der Waals surface area contributed by atoms with E-state index in [0.29, 0.717) is 13.2 Å². The molecule has 0 atom stereocenters. The Hall–Kier alpha value is -1.26. The van der Waals surface area contributed by atoms with Gasteiger partial charge in [-0.3, -0.25) is 0 Å². The van der Waals surface area contributed by atoms with E-state index in [9.17, 15) is 0 Å². The van der Waals surface area contributed by atoms with Crippen LogP contribution >= 0.6 is 0 Å². The van der Waals surface area contributed by atoms with Crippen molar-refractivity contribution >= 4 is 0 Å². The van der Waals surface area contributed by atoms with E-state index in [2.05, 4.69) is 12.2 Å². The molecule has 2 rings (SSSR count). The van der Waals surface area contributed by atoms with Gasteiger partial charge in [-0.05, 0) is 31.2 Å². The summed E-state index contributed by atoms with van der Waals surface area (Å²) in [5.41, 5.74) is 0.00324. The highest BCUT2D eigenvalue weighted by Crippen LogP contribution is 2.18. The Bertz CT molecular complexity index is 346. The molecule has 1 aliphatic rings. The quantitative estimate of drug-likeness (QED) is 0.760. The average Bonchev–Trinajstić information content (AvgIpc) is 2.33. The third kappa shape index (κ3) is 3.35. The maximum atomic E-state index is 5.72. The molecule has 17 heavy (non-hydrogen) atoms. The van der Waals surface area contributed by atoms with Crippen molar-refractivity contribution in [1.29, 1.82) is 0 Å². The third-order valence-corrected chi connectivity index (χ3v) is 2.86. The molecule has 1 saturated heterocycles. The summed E-state index contributed by atoms with van der Waals surface area (Å²) in [5.74, 6) is 1.67. The maximum absolute atomic E-state index is 5.72. The summed E-state index contributed by atoms with van der Waals surface area (Å²) >= 11 is 0. The van der Waals surface area contributed by atoms with Gasteiger partial charge in [-0.1, -0.05) is 0 Å². The second-order valence-electron chi connectivity index (χ2n) is 4.43. The minimum Gasteiger partial charge on any atom is -0.497 e. The van der Waals surface area contributed by atoms with Crippen LogP contribution in [0.25, 0.3) is 0 Å². The van der Waals surface area contributed by atoms with Crippen molar-refractivity contribution in [1.82, 2.24) is 5.32 Å². The van der Waals surface area contributed by atoms with Crippen LogP contribution < -0.4 is 14.8 Å². The molecule has 0 aliphatic carbocycles. The smallest absolute Gasteiger partial charge is 0.119 e. The van der Waals surface area contributed by atoms with Gasteiger partial charge in [0.2, 0.25) is 0 Å². The van der Waals surface area contributed by atoms with E-state index in [1.165, 1.54) is 0 Å². The van der Waals surface area contributed by atoms with E-state index in [1.807, 2.05) is 24.3 Å². The second kappa shape index (κ2) is 5.38. The minimum atomic E-state index is 0.00324. The Morgan fingerprint density at radius 2 is 1.76 bits per heavy atom. The number of hydrogen-bond donors (Lipinski definition) is 1. The summed E-state index contributed by atoms with van der Waals surface area (Å²) < 4.78 is 16.4. The normalized spacial score (nSPS) is 17.3.